The van der Waals surface area contributed by atoms with E-state index in [0.29, 0.717) is 5.16 Å². The van der Waals surface area contributed by atoms with Gasteiger partial charge in [0.05, 0.1) is 16.8 Å². The molecule has 0 aliphatic carbocycles. The van der Waals surface area contributed by atoms with Gasteiger partial charge in [-0.05, 0) is 12.1 Å². The van der Waals surface area contributed by atoms with Crippen LogP contribution in [-0.2, 0) is 4.79 Å². The Labute approximate surface area is 126 Å². The number of hydrogen-bond donors (Lipinski definition) is 3. The maximum atomic E-state index is 11.9. The summed E-state index contributed by atoms with van der Waals surface area (Å²) in [4.78, 5) is 29.7. The first kappa shape index (κ1) is 16.1. The quantitative estimate of drug-likeness (QED) is 0.748. The highest BCUT2D eigenvalue weighted by Crippen LogP contribution is 2.18. The van der Waals surface area contributed by atoms with Crippen molar-refractivity contribution in [1.82, 2.24) is 20.6 Å². The largest absolute Gasteiger partial charge is 0.405 e. The number of halogens is 3. The topological polar surface area (TPSA) is 86.9 Å². The van der Waals surface area contributed by atoms with Gasteiger partial charge in [0.2, 0.25) is 5.91 Å². The number of nitrogens with one attached hydrogen (secondary N) is 3. The van der Waals surface area contributed by atoms with Crippen LogP contribution >= 0.6 is 11.8 Å². The minimum Gasteiger partial charge on any atom is -0.333 e. The first-order chi connectivity index (χ1) is 10.3. The molecule has 0 atom stereocenters. The van der Waals surface area contributed by atoms with Crippen LogP contribution in [0.1, 0.15) is 0 Å². The predicted octanol–water partition coefficient (Wildman–Crippen LogP) is 2.04. The molecule has 0 unspecified atom stereocenters. The summed E-state index contributed by atoms with van der Waals surface area (Å²) < 4.78 is 35.6. The van der Waals surface area contributed by atoms with Gasteiger partial charge in [0.25, 0.3) is 0 Å². The van der Waals surface area contributed by atoms with Crippen molar-refractivity contribution < 1.29 is 22.8 Å². The Kier molecular flexibility index (Phi) is 4.91. The minimum absolute atomic E-state index is 0.154. The Morgan fingerprint density at radius 2 is 2.00 bits per heavy atom. The summed E-state index contributed by atoms with van der Waals surface area (Å²) in [5.41, 5.74) is 1.53. The van der Waals surface area contributed by atoms with Crippen molar-refractivity contribution in [2.45, 2.75) is 11.3 Å². The molecule has 1 aromatic heterocycles. The highest BCUT2D eigenvalue weighted by Gasteiger charge is 2.27. The van der Waals surface area contributed by atoms with Crippen molar-refractivity contribution in [3.63, 3.8) is 0 Å². The van der Waals surface area contributed by atoms with E-state index in [4.69, 9.17) is 0 Å². The zero-order valence-corrected chi connectivity index (χ0v) is 11.8. The average molecular weight is 332 g/mol. The standard InChI is InChI=1S/C12H11F3N4O2S/c13-12(14,15)6-16-10(21)19-9(20)5-22-11-17-7-3-1-2-4-8(7)18-11/h1-4H,5-6H2,(H,17,18)(H2,16,19,20,21). The maximum absolute atomic E-state index is 11.9. The van der Waals surface area contributed by atoms with Crippen molar-refractivity contribution in [3.8, 4) is 0 Å². The maximum Gasteiger partial charge on any atom is 0.405 e. The molecule has 10 heteroatoms. The second-order valence-corrected chi connectivity index (χ2v) is 5.16. The van der Waals surface area contributed by atoms with E-state index in [-0.39, 0.29) is 5.75 Å². The summed E-state index contributed by atoms with van der Waals surface area (Å²) in [6.07, 6.45) is -4.52. The fourth-order valence-corrected chi connectivity index (χ4v) is 2.20. The van der Waals surface area contributed by atoms with Crippen LogP contribution in [0.5, 0.6) is 0 Å². The van der Waals surface area contributed by atoms with E-state index >= 15 is 0 Å². The number of imide groups is 1. The van der Waals surface area contributed by atoms with Crippen LogP contribution in [0.3, 0.4) is 0 Å². The number of thioether (sulfide) groups is 1. The van der Waals surface area contributed by atoms with E-state index in [1.807, 2.05) is 18.2 Å². The Balaban J connectivity index is 1.79. The zero-order valence-electron chi connectivity index (χ0n) is 11.0. The van der Waals surface area contributed by atoms with Crippen LogP contribution in [-0.4, -0.2) is 40.4 Å². The molecule has 118 valence electrons. The third kappa shape index (κ3) is 4.95. The lowest BCUT2D eigenvalue weighted by atomic mass is 10.3. The molecule has 0 radical (unpaired) electrons. The number of amides is 3. The van der Waals surface area contributed by atoms with Crippen molar-refractivity contribution in [2.75, 3.05) is 12.3 Å². The van der Waals surface area contributed by atoms with Gasteiger partial charge < -0.3 is 10.3 Å². The third-order valence-electron chi connectivity index (χ3n) is 2.41. The van der Waals surface area contributed by atoms with Gasteiger partial charge in [-0.15, -0.1) is 0 Å². The molecule has 2 rings (SSSR count). The van der Waals surface area contributed by atoms with E-state index in [0.717, 1.165) is 22.8 Å². The fraction of sp³-hybridized carbons (Fsp3) is 0.250. The number of para-hydroxylation sites is 2. The van der Waals surface area contributed by atoms with Crippen LogP contribution in [0.15, 0.2) is 29.4 Å². The van der Waals surface area contributed by atoms with Crippen molar-refractivity contribution >= 4 is 34.7 Å². The lowest BCUT2D eigenvalue weighted by Gasteiger charge is -2.08. The number of benzene rings is 1. The fourth-order valence-electron chi connectivity index (χ4n) is 1.52. The molecule has 0 fully saturated rings. The number of urea groups is 1. The first-order valence-electron chi connectivity index (χ1n) is 6.05. The monoisotopic (exact) mass is 332 g/mol. The smallest absolute Gasteiger partial charge is 0.333 e. The van der Waals surface area contributed by atoms with Crippen molar-refractivity contribution in [3.05, 3.63) is 24.3 Å². The zero-order chi connectivity index (χ0) is 16.2. The van der Waals surface area contributed by atoms with Crippen LogP contribution < -0.4 is 10.6 Å². The Morgan fingerprint density at radius 1 is 1.27 bits per heavy atom. The van der Waals surface area contributed by atoms with Crippen LogP contribution in [0.4, 0.5) is 18.0 Å². The van der Waals surface area contributed by atoms with Gasteiger partial charge in [-0.25, -0.2) is 9.78 Å². The van der Waals surface area contributed by atoms with Crippen LogP contribution in [0.25, 0.3) is 11.0 Å². The Morgan fingerprint density at radius 3 is 2.68 bits per heavy atom. The molecule has 1 aromatic carbocycles. The molecule has 1 heterocycles. The molecule has 0 saturated heterocycles. The van der Waals surface area contributed by atoms with E-state index in [1.54, 1.807) is 16.7 Å². The summed E-state index contributed by atoms with van der Waals surface area (Å²) in [5.74, 6) is -0.871. The lowest BCUT2D eigenvalue weighted by Crippen LogP contribution is -2.43. The predicted molar refractivity (Wildman–Crippen MR) is 74.4 cm³/mol. The van der Waals surface area contributed by atoms with Crippen molar-refractivity contribution in [1.29, 1.82) is 0 Å². The molecule has 2 aromatic rings. The number of aromatic amines is 1. The van der Waals surface area contributed by atoms with Gasteiger partial charge in [0.15, 0.2) is 5.16 Å². The number of H-pyrrole nitrogens is 1. The van der Waals surface area contributed by atoms with Crippen LogP contribution in [0, 0.1) is 0 Å². The highest BCUT2D eigenvalue weighted by molar-refractivity contribution is 7.99. The third-order valence-corrected chi connectivity index (χ3v) is 3.28. The second-order valence-electron chi connectivity index (χ2n) is 4.19. The van der Waals surface area contributed by atoms with Gasteiger partial charge in [-0.1, -0.05) is 23.9 Å². The summed E-state index contributed by atoms with van der Waals surface area (Å²) in [6, 6.07) is 6.06. The average Bonchev–Trinajstić information content (AvgIpc) is 2.85. The molecule has 3 amide bonds. The number of carbonyl (C=O) groups is 2. The van der Waals surface area contributed by atoms with Crippen LogP contribution in [0.2, 0.25) is 0 Å². The minimum atomic E-state index is -4.52. The van der Waals surface area contributed by atoms with Crippen molar-refractivity contribution in [2.24, 2.45) is 0 Å². The first-order valence-corrected chi connectivity index (χ1v) is 7.04. The molecule has 22 heavy (non-hydrogen) atoms. The molecule has 0 spiro atoms. The van der Waals surface area contributed by atoms with E-state index in [1.165, 1.54) is 0 Å². The lowest BCUT2D eigenvalue weighted by molar-refractivity contribution is -0.124. The Bertz CT molecular complexity index is 653. The number of rotatable bonds is 4. The highest BCUT2D eigenvalue weighted by atomic mass is 32.2. The molecule has 0 aliphatic heterocycles. The molecule has 0 saturated carbocycles. The van der Waals surface area contributed by atoms with Gasteiger partial charge in [-0.2, -0.15) is 13.2 Å². The van der Waals surface area contributed by atoms with Gasteiger partial charge in [0, 0.05) is 0 Å². The molecule has 6 nitrogen and oxygen atoms in total. The normalized spacial score (nSPS) is 11.4. The summed E-state index contributed by atoms with van der Waals surface area (Å²) in [5, 5.41) is 3.83. The molecule has 3 N–H and O–H groups in total. The number of nitrogens with zero attached hydrogens (tertiary/aromatic N) is 1. The van der Waals surface area contributed by atoms with E-state index in [2.05, 4.69) is 9.97 Å². The second kappa shape index (κ2) is 6.69. The summed E-state index contributed by atoms with van der Waals surface area (Å²) in [7, 11) is 0. The summed E-state index contributed by atoms with van der Waals surface area (Å²) >= 11 is 1.04. The van der Waals surface area contributed by atoms with Gasteiger partial charge in [-0.3, -0.25) is 10.1 Å². The molecule has 0 bridgehead atoms. The molecule has 0 aliphatic rings. The molecular formula is C12H11F3N4O2S. The summed E-state index contributed by atoms with van der Waals surface area (Å²) in [6.45, 7) is -1.50. The van der Waals surface area contributed by atoms with Gasteiger partial charge >= 0.3 is 12.2 Å². The number of fused-ring (bicyclic) bond motifs is 1. The number of aromatic nitrogens is 2. The van der Waals surface area contributed by atoms with Gasteiger partial charge in [0.1, 0.15) is 6.54 Å². The number of hydrogen-bond acceptors (Lipinski definition) is 4. The van der Waals surface area contributed by atoms with E-state index < -0.39 is 24.7 Å². The SMILES string of the molecule is O=C(CSc1nc2ccccc2[nH]1)NC(=O)NCC(F)(F)F. The number of imidazole rings is 1. The Hall–Kier alpha value is -2.23. The number of carbonyl (C=O) groups excluding carboxylic acids is 2. The number of alkyl halides is 3. The molecular weight excluding hydrogens is 321 g/mol. The van der Waals surface area contributed by atoms with E-state index in [9.17, 15) is 22.8 Å².